The van der Waals surface area contributed by atoms with E-state index in [2.05, 4.69) is 5.92 Å². The van der Waals surface area contributed by atoms with E-state index in [4.69, 9.17) is 11.2 Å². The number of terminal acetylenes is 1. The Morgan fingerprint density at radius 3 is 2.71 bits per heavy atom. The Balaban J connectivity index is 2.42. The fourth-order valence-corrected chi connectivity index (χ4v) is 1.60. The lowest BCUT2D eigenvalue weighted by atomic mass is 9.97. The maximum absolute atomic E-state index is 13.1. The number of methoxy groups -OCH3 is 1. The van der Waals surface area contributed by atoms with Gasteiger partial charge in [0.2, 0.25) is 0 Å². The summed E-state index contributed by atoms with van der Waals surface area (Å²) in [4.78, 5) is 0. The molecule has 1 aliphatic rings. The first-order valence-corrected chi connectivity index (χ1v) is 4.54. The highest BCUT2D eigenvalue weighted by atomic mass is 19.1. The zero-order valence-electron chi connectivity index (χ0n) is 8.01. The smallest absolute Gasteiger partial charge is 0.165 e. The normalized spacial score (nSPS) is 17.2. The van der Waals surface area contributed by atoms with Crippen molar-refractivity contribution in [2.75, 3.05) is 7.11 Å². The molecule has 1 aromatic rings. The minimum absolute atomic E-state index is 0.152. The lowest BCUT2D eigenvalue weighted by molar-refractivity contribution is 0.385. The van der Waals surface area contributed by atoms with E-state index in [-0.39, 0.29) is 17.0 Å². The fourth-order valence-electron chi connectivity index (χ4n) is 1.60. The molecule has 0 spiro atoms. The van der Waals surface area contributed by atoms with Gasteiger partial charge >= 0.3 is 0 Å². The molecule has 0 unspecified atom stereocenters. The van der Waals surface area contributed by atoms with E-state index >= 15 is 0 Å². The lowest BCUT2D eigenvalue weighted by Gasteiger charge is -2.10. The van der Waals surface area contributed by atoms with Gasteiger partial charge < -0.3 is 4.74 Å². The average Bonchev–Trinajstić information content (AvgIpc) is 2.99. The van der Waals surface area contributed by atoms with E-state index in [0.29, 0.717) is 0 Å². The van der Waals surface area contributed by atoms with Crippen LogP contribution in [0.4, 0.5) is 4.39 Å². The van der Waals surface area contributed by atoms with Crippen LogP contribution >= 0.6 is 0 Å². The van der Waals surface area contributed by atoms with Gasteiger partial charge in [-0.1, -0.05) is 12.0 Å². The minimum Gasteiger partial charge on any atom is -0.494 e. The van der Waals surface area contributed by atoms with Crippen LogP contribution in [0.2, 0.25) is 0 Å². The average molecular weight is 190 g/mol. The zero-order valence-corrected chi connectivity index (χ0v) is 8.01. The third-order valence-corrected chi connectivity index (χ3v) is 2.73. The number of hydrogen-bond acceptors (Lipinski definition) is 1. The van der Waals surface area contributed by atoms with Crippen molar-refractivity contribution in [3.63, 3.8) is 0 Å². The molecule has 0 atom stereocenters. The Kier molecular flexibility index (Phi) is 1.96. The summed E-state index contributed by atoms with van der Waals surface area (Å²) in [5.74, 6) is 2.69. The minimum atomic E-state index is -0.343. The summed E-state index contributed by atoms with van der Waals surface area (Å²) in [6.07, 6.45) is 7.41. The molecule has 2 heteroatoms. The maximum atomic E-state index is 13.1. The summed E-state index contributed by atoms with van der Waals surface area (Å²) < 4.78 is 18.0. The molecule has 72 valence electrons. The summed E-state index contributed by atoms with van der Waals surface area (Å²) in [6, 6.07) is 4.85. The SMILES string of the molecule is C#CC1(c2ccc(F)c(OC)c2)CC1. The summed E-state index contributed by atoms with van der Waals surface area (Å²) in [7, 11) is 1.46. The lowest BCUT2D eigenvalue weighted by Crippen LogP contribution is -2.03. The standard InChI is InChI=1S/C12H11FO/c1-3-12(6-7-12)9-4-5-10(13)11(8-9)14-2/h1,4-5,8H,6-7H2,2H3. The molecule has 0 saturated heterocycles. The molecule has 1 nitrogen and oxygen atoms in total. The summed E-state index contributed by atoms with van der Waals surface area (Å²) >= 11 is 0. The number of benzene rings is 1. The van der Waals surface area contributed by atoms with E-state index in [1.165, 1.54) is 13.2 Å². The third kappa shape index (κ3) is 1.26. The van der Waals surface area contributed by atoms with Crippen molar-refractivity contribution >= 4 is 0 Å². The van der Waals surface area contributed by atoms with Crippen molar-refractivity contribution < 1.29 is 9.13 Å². The molecule has 1 fully saturated rings. The Morgan fingerprint density at radius 1 is 1.50 bits per heavy atom. The Morgan fingerprint density at radius 2 is 2.21 bits per heavy atom. The molecule has 0 aromatic heterocycles. The molecule has 0 N–H and O–H groups in total. The summed E-state index contributed by atoms with van der Waals surface area (Å²) in [5.41, 5.74) is 0.833. The van der Waals surface area contributed by atoms with Gasteiger partial charge in [0.15, 0.2) is 11.6 Å². The molecule has 0 radical (unpaired) electrons. The Bertz CT molecular complexity index is 399. The van der Waals surface area contributed by atoms with E-state index in [1.807, 2.05) is 0 Å². The molecule has 0 aliphatic heterocycles. The van der Waals surface area contributed by atoms with Crippen molar-refractivity contribution in [2.24, 2.45) is 0 Å². The first-order chi connectivity index (χ1) is 6.72. The van der Waals surface area contributed by atoms with Gasteiger partial charge in [-0.15, -0.1) is 6.42 Å². The quantitative estimate of drug-likeness (QED) is 0.651. The second kappa shape index (κ2) is 3.02. The number of rotatable bonds is 2. The van der Waals surface area contributed by atoms with E-state index in [0.717, 1.165) is 18.4 Å². The molecular formula is C12H11FO. The van der Waals surface area contributed by atoms with Crippen molar-refractivity contribution in [3.8, 4) is 18.1 Å². The molecule has 0 bridgehead atoms. The first kappa shape index (κ1) is 9.08. The van der Waals surface area contributed by atoms with Gasteiger partial charge in [0, 0.05) is 0 Å². The van der Waals surface area contributed by atoms with Crippen molar-refractivity contribution in [1.29, 1.82) is 0 Å². The predicted molar refractivity (Wildman–Crippen MR) is 52.7 cm³/mol. The molecular weight excluding hydrogens is 179 g/mol. The zero-order chi connectivity index (χ0) is 10.2. The number of hydrogen-bond donors (Lipinski definition) is 0. The van der Waals surface area contributed by atoms with Crippen LogP contribution in [0.15, 0.2) is 18.2 Å². The molecule has 0 amide bonds. The van der Waals surface area contributed by atoms with Crippen LogP contribution in [0, 0.1) is 18.2 Å². The first-order valence-electron chi connectivity index (χ1n) is 4.54. The van der Waals surface area contributed by atoms with Crippen molar-refractivity contribution in [3.05, 3.63) is 29.6 Å². The van der Waals surface area contributed by atoms with Gasteiger partial charge in [0.05, 0.1) is 12.5 Å². The summed E-state index contributed by atoms with van der Waals surface area (Å²) in [5, 5.41) is 0. The predicted octanol–water partition coefficient (Wildman–Crippen LogP) is 2.50. The highest BCUT2D eigenvalue weighted by molar-refractivity contribution is 5.44. The molecule has 1 aromatic carbocycles. The number of ether oxygens (including phenoxy) is 1. The van der Waals surface area contributed by atoms with Gasteiger partial charge in [-0.2, -0.15) is 0 Å². The monoisotopic (exact) mass is 190 g/mol. The third-order valence-electron chi connectivity index (χ3n) is 2.73. The van der Waals surface area contributed by atoms with E-state index in [9.17, 15) is 4.39 Å². The van der Waals surface area contributed by atoms with Crippen LogP contribution in [0.25, 0.3) is 0 Å². The number of halogens is 1. The van der Waals surface area contributed by atoms with Gasteiger partial charge in [-0.05, 0) is 30.5 Å². The molecule has 2 rings (SSSR count). The van der Waals surface area contributed by atoms with Gasteiger partial charge in [0.25, 0.3) is 0 Å². The Hall–Kier alpha value is -1.49. The van der Waals surface area contributed by atoms with E-state index < -0.39 is 0 Å². The molecule has 14 heavy (non-hydrogen) atoms. The van der Waals surface area contributed by atoms with Gasteiger partial charge in [-0.25, -0.2) is 4.39 Å². The molecule has 0 heterocycles. The van der Waals surface area contributed by atoms with Crippen LogP contribution in [0.1, 0.15) is 18.4 Å². The maximum Gasteiger partial charge on any atom is 0.165 e. The molecule has 1 saturated carbocycles. The van der Waals surface area contributed by atoms with Crippen LogP contribution in [0.3, 0.4) is 0 Å². The topological polar surface area (TPSA) is 9.23 Å². The van der Waals surface area contributed by atoms with Crippen LogP contribution in [0.5, 0.6) is 5.75 Å². The second-order valence-corrected chi connectivity index (χ2v) is 3.58. The molecule has 1 aliphatic carbocycles. The highest BCUT2D eigenvalue weighted by Gasteiger charge is 2.42. The van der Waals surface area contributed by atoms with Crippen molar-refractivity contribution in [1.82, 2.24) is 0 Å². The van der Waals surface area contributed by atoms with Crippen LogP contribution in [-0.2, 0) is 5.41 Å². The second-order valence-electron chi connectivity index (χ2n) is 3.58. The van der Waals surface area contributed by atoms with Crippen molar-refractivity contribution in [2.45, 2.75) is 18.3 Å². The van der Waals surface area contributed by atoms with E-state index in [1.54, 1.807) is 12.1 Å². The summed E-state index contributed by atoms with van der Waals surface area (Å²) in [6.45, 7) is 0. The Labute approximate surface area is 82.9 Å². The van der Waals surface area contributed by atoms with Gasteiger partial charge in [0.1, 0.15) is 0 Å². The highest BCUT2D eigenvalue weighted by Crippen LogP contribution is 2.48. The fraction of sp³-hybridized carbons (Fsp3) is 0.333. The van der Waals surface area contributed by atoms with Gasteiger partial charge in [-0.3, -0.25) is 0 Å². The largest absolute Gasteiger partial charge is 0.494 e. The van der Waals surface area contributed by atoms with Crippen LogP contribution in [-0.4, -0.2) is 7.11 Å². The van der Waals surface area contributed by atoms with Crippen LogP contribution < -0.4 is 4.74 Å².